The third-order valence-corrected chi connectivity index (χ3v) is 4.24. The van der Waals surface area contributed by atoms with Crippen molar-refractivity contribution in [2.45, 2.75) is 81.2 Å². The Morgan fingerprint density at radius 1 is 0.806 bits per heavy atom. The van der Waals surface area contributed by atoms with Crippen LogP contribution >= 0.6 is 12.4 Å². The van der Waals surface area contributed by atoms with Gasteiger partial charge in [-0.15, -0.1) is 12.4 Å². The molecule has 0 spiro atoms. The number of benzene rings is 1. The van der Waals surface area contributed by atoms with E-state index in [-0.39, 0.29) is 53.4 Å². The van der Waals surface area contributed by atoms with Gasteiger partial charge in [-0.3, -0.25) is 14.4 Å². The van der Waals surface area contributed by atoms with Gasteiger partial charge < -0.3 is 15.2 Å². The van der Waals surface area contributed by atoms with E-state index in [0.717, 1.165) is 0 Å². The number of ether oxygens (including phenoxy) is 2. The second-order valence-electron chi connectivity index (χ2n) is 11.3. The summed E-state index contributed by atoms with van der Waals surface area (Å²) in [6.45, 7) is 17.2. The fourth-order valence-corrected chi connectivity index (χ4v) is 2.58. The van der Waals surface area contributed by atoms with E-state index >= 15 is 0 Å². The topological polar surface area (TPSA) is 95.7 Å². The lowest BCUT2D eigenvalue weighted by Gasteiger charge is -2.26. The zero-order chi connectivity index (χ0) is 23.5. The summed E-state index contributed by atoms with van der Waals surface area (Å²) in [5, 5.41) is 0. The van der Waals surface area contributed by atoms with Crippen LogP contribution in [0.15, 0.2) is 18.2 Å². The molecule has 0 fully saturated rings. The van der Waals surface area contributed by atoms with Gasteiger partial charge in [-0.25, -0.2) is 0 Å². The average Bonchev–Trinajstić information content (AvgIpc) is 2.50. The number of carbonyl (C=O) groups excluding carboxylic acids is 3. The largest absolute Gasteiger partial charge is 0.422 e. The monoisotopic (exact) mass is 455 g/mol. The summed E-state index contributed by atoms with van der Waals surface area (Å²) in [7, 11) is 0. The summed E-state index contributed by atoms with van der Waals surface area (Å²) in [6, 6.07) is 3.70. The number of halogens is 1. The van der Waals surface area contributed by atoms with Crippen molar-refractivity contribution < 1.29 is 23.9 Å². The number of nitrogens with two attached hydrogens (primary N) is 1. The van der Waals surface area contributed by atoms with Crippen molar-refractivity contribution in [3.8, 4) is 11.5 Å². The summed E-state index contributed by atoms with van der Waals surface area (Å²) in [5.41, 5.74) is 5.44. The molecule has 1 aromatic rings. The second-order valence-corrected chi connectivity index (χ2v) is 11.3. The van der Waals surface area contributed by atoms with Gasteiger partial charge in [0.2, 0.25) is 0 Å². The third-order valence-electron chi connectivity index (χ3n) is 4.24. The summed E-state index contributed by atoms with van der Waals surface area (Å²) in [4.78, 5) is 37.5. The van der Waals surface area contributed by atoms with Gasteiger partial charge in [0.05, 0.1) is 18.9 Å². The molecule has 1 atom stereocenters. The van der Waals surface area contributed by atoms with Crippen molar-refractivity contribution in [1.82, 2.24) is 0 Å². The number of hydrogen-bond acceptors (Lipinski definition) is 6. The molecule has 1 unspecified atom stereocenters. The van der Waals surface area contributed by atoms with Crippen molar-refractivity contribution in [3.05, 3.63) is 23.8 Å². The molecule has 0 aliphatic heterocycles. The standard InChI is InChI=1S/C24H37NO5.ClH/c1-22(2,3)13-18(26)29-16-11-10-15(20(28)21(25)24(7,8)9)12-17(16)30-19(27)14-23(4,5)6;/h10-12,21H,13-14,25H2,1-9H3;1H. The Morgan fingerprint density at radius 2 is 1.23 bits per heavy atom. The van der Waals surface area contributed by atoms with Crippen LogP contribution < -0.4 is 15.2 Å². The number of hydrogen-bond donors (Lipinski definition) is 1. The molecule has 0 aliphatic rings. The van der Waals surface area contributed by atoms with E-state index in [9.17, 15) is 14.4 Å². The van der Waals surface area contributed by atoms with Crippen molar-refractivity contribution in [2.75, 3.05) is 0 Å². The maximum absolute atomic E-state index is 12.8. The number of ketones is 1. The Labute approximate surface area is 192 Å². The Hall–Kier alpha value is -1.92. The Balaban J connectivity index is 0.00000900. The third kappa shape index (κ3) is 10.3. The summed E-state index contributed by atoms with van der Waals surface area (Å²) in [5.74, 6) is -1.05. The fraction of sp³-hybridized carbons (Fsp3) is 0.625. The summed E-state index contributed by atoms with van der Waals surface area (Å²) >= 11 is 0. The molecule has 0 bridgehead atoms. The summed E-state index contributed by atoms with van der Waals surface area (Å²) < 4.78 is 11.0. The predicted octanol–water partition coefficient (Wildman–Crippen LogP) is 5.35. The SMILES string of the molecule is CC(C)(C)CC(=O)Oc1ccc(C(=O)C(N)C(C)(C)C)cc1OC(=O)CC(C)(C)C.Cl. The van der Waals surface area contributed by atoms with Gasteiger partial charge >= 0.3 is 11.9 Å². The molecule has 0 heterocycles. The van der Waals surface area contributed by atoms with Crippen LogP contribution in [0.4, 0.5) is 0 Å². The first kappa shape index (κ1) is 29.1. The molecule has 0 amide bonds. The lowest BCUT2D eigenvalue weighted by Crippen LogP contribution is -2.42. The second kappa shape index (κ2) is 10.6. The summed E-state index contributed by atoms with van der Waals surface area (Å²) in [6.07, 6.45) is 0.361. The molecule has 31 heavy (non-hydrogen) atoms. The van der Waals surface area contributed by atoms with Crippen LogP contribution in [0.5, 0.6) is 11.5 Å². The van der Waals surface area contributed by atoms with E-state index in [1.165, 1.54) is 18.2 Å². The van der Waals surface area contributed by atoms with E-state index < -0.39 is 23.4 Å². The van der Waals surface area contributed by atoms with Crippen LogP contribution in [0.25, 0.3) is 0 Å². The normalized spacial score (nSPS) is 13.1. The lowest BCUT2D eigenvalue weighted by molar-refractivity contribution is -0.139. The highest BCUT2D eigenvalue weighted by Gasteiger charge is 2.29. The number of esters is 2. The lowest BCUT2D eigenvalue weighted by atomic mass is 9.83. The van der Waals surface area contributed by atoms with Crippen LogP contribution in [0.2, 0.25) is 0 Å². The predicted molar refractivity (Wildman–Crippen MR) is 125 cm³/mol. The van der Waals surface area contributed by atoms with Gasteiger partial charge in [0.15, 0.2) is 17.3 Å². The highest BCUT2D eigenvalue weighted by atomic mass is 35.5. The first-order valence-corrected chi connectivity index (χ1v) is 10.2. The smallest absolute Gasteiger partial charge is 0.311 e. The maximum Gasteiger partial charge on any atom is 0.311 e. The zero-order valence-electron chi connectivity index (χ0n) is 20.3. The molecule has 0 radical (unpaired) electrons. The minimum atomic E-state index is -0.732. The van der Waals surface area contributed by atoms with Crippen molar-refractivity contribution in [3.63, 3.8) is 0 Å². The van der Waals surface area contributed by atoms with Crippen molar-refractivity contribution in [1.29, 1.82) is 0 Å². The number of Topliss-reactive ketones (excluding diaryl/α,β-unsaturated/α-hetero) is 1. The van der Waals surface area contributed by atoms with Gasteiger partial charge in [-0.2, -0.15) is 0 Å². The molecule has 0 aliphatic carbocycles. The highest BCUT2D eigenvalue weighted by Crippen LogP contribution is 2.33. The Morgan fingerprint density at radius 3 is 1.61 bits per heavy atom. The van der Waals surface area contributed by atoms with Crippen molar-refractivity contribution in [2.24, 2.45) is 22.0 Å². The van der Waals surface area contributed by atoms with Crippen LogP contribution in [0, 0.1) is 16.2 Å². The zero-order valence-corrected chi connectivity index (χ0v) is 21.1. The molecule has 7 heteroatoms. The molecular formula is C24H38ClNO5. The molecule has 1 aromatic carbocycles. The highest BCUT2D eigenvalue weighted by molar-refractivity contribution is 6.01. The van der Waals surface area contributed by atoms with E-state index in [1.54, 1.807) is 0 Å². The Kier molecular flexibility index (Phi) is 9.94. The molecule has 176 valence electrons. The van der Waals surface area contributed by atoms with Crippen LogP contribution in [0.3, 0.4) is 0 Å². The molecule has 1 rings (SSSR count). The van der Waals surface area contributed by atoms with E-state index in [1.807, 2.05) is 62.3 Å². The molecule has 0 aromatic heterocycles. The maximum atomic E-state index is 12.8. The molecule has 0 saturated carbocycles. The van der Waals surface area contributed by atoms with Crippen molar-refractivity contribution >= 4 is 30.1 Å². The van der Waals surface area contributed by atoms with Crippen LogP contribution in [-0.2, 0) is 9.59 Å². The minimum absolute atomic E-state index is 0. The van der Waals surface area contributed by atoms with Gasteiger partial charge in [0.1, 0.15) is 0 Å². The molecule has 0 saturated heterocycles. The first-order valence-electron chi connectivity index (χ1n) is 10.2. The van der Waals surface area contributed by atoms with Gasteiger partial charge in [0, 0.05) is 5.56 Å². The molecule has 2 N–H and O–H groups in total. The van der Waals surface area contributed by atoms with Gasteiger partial charge in [-0.1, -0.05) is 62.3 Å². The Bertz CT molecular complexity index is 798. The van der Waals surface area contributed by atoms with Gasteiger partial charge in [-0.05, 0) is 34.4 Å². The van der Waals surface area contributed by atoms with Crippen LogP contribution in [-0.4, -0.2) is 23.8 Å². The van der Waals surface area contributed by atoms with E-state index in [2.05, 4.69) is 0 Å². The quantitative estimate of drug-likeness (QED) is 0.353. The van der Waals surface area contributed by atoms with Gasteiger partial charge in [0.25, 0.3) is 0 Å². The average molecular weight is 456 g/mol. The molecule has 6 nitrogen and oxygen atoms in total. The van der Waals surface area contributed by atoms with Crippen LogP contribution in [0.1, 0.15) is 85.5 Å². The number of carbonyl (C=O) groups is 3. The minimum Gasteiger partial charge on any atom is -0.422 e. The first-order chi connectivity index (χ1) is 13.4. The fourth-order valence-electron chi connectivity index (χ4n) is 2.58. The van der Waals surface area contributed by atoms with E-state index in [0.29, 0.717) is 5.56 Å². The van der Waals surface area contributed by atoms with E-state index in [4.69, 9.17) is 15.2 Å². The molecular weight excluding hydrogens is 418 g/mol. The number of rotatable bonds is 6.